The zero-order chi connectivity index (χ0) is 18.6. The third-order valence-corrected chi connectivity index (χ3v) is 5.58. The molecule has 0 spiro atoms. The van der Waals surface area contributed by atoms with Crippen LogP contribution < -0.4 is 10.6 Å². The molecule has 3 rings (SSSR count). The highest BCUT2D eigenvalue weighted by Gasteiger charge is 2.36. The Hall–Kier alpha value is -2.32. The fourth-order valence-electron chi connectivity index (χ4n) is 2.94. The van der Waals surface area contributed by atoms with E-state index in [4.69, 9.17) is 4.74 Å². The second kappa shape index (κ2) is 7.92. The lowest BCUT2D eigenvalue weighted by molar-refractivity contribution is -0.136. The summed E-state index contributed by atoms with van der Waals surface area (Å²) >= 11 is 1.61. The Morgan fingerprint density at radius 1 is 1.12 bits per heavy atom. The van der Waals surface area contributed by atoms with E-state index < -0.39 is 23.4 Å². The standard InChI is InChI=1S/C18H18F2N2O3S/c19-13-4-3-12(10-14(13)20)22-17(24)16(23)21-11-18(5-7-25-8-6-18)15-2-1-9-26-15/h1-4,9-10H,5-8,11H2,(H,21,23)(H,22,24). The number of halogens is 2. The average Bonchev–Trinajstić information content (AvgIpc) is 3.19. The number of thiophene rings is 1. The molecule has 0 saturated carbocycles. The highest BCUT2D eigenvalue weighted by molar-refractivity contribution is 7.10. The van der Waals surface area contributed by atoms with E-state index in [0.717, 1.165) is 29.9 Å². The monoisotopic (exact) mass is 380 g/mol. The van der Waals surface area contributed by atoms with E-state index in [0.29, 0.717) is 19.8 Å². The number of benzene rings is 1. The maximum atomic E-state index is 13.2. The smallest absolute Gasteiger partial charge is 0.313 e. The average molecular weight is 380 g/mol. The quantitative estimate of drug-likeness (QED) is 0.802. The van der Waals surface area contributed by atoms with Gasteiger partial charge >= 0.3 is 11.8 Å². The van der Waals surface area contributed by atoms with Crippen LogP contribution in [0.4, 0.5) is 14.5 Å². The second-order valence-electron chi connectivity index (χ2n) is 6.14. The third-order valence-electron chi connectivity index (χ3n) is 4.46. The first-order valence-corrected chi connectivity index (χ1v) is 9.04. The number of ether oxygens (including phenoxy) is 1. The number of nitrogens with one attached hydrogen (secondary N) is 2. The number of anilines is 1. The summed E-state index contributed by atoms with van der Waals surface area (Å²) in [7, 11) is 0. The van der Waals surface area contributed by atoms with Gasteiger partial charge in [-0.1, -0.05) is 6.07 Å². The van der Waals surface area contributed by atoms with Gasteiger partial charge in [-0.3, -0.25) is 9.59 Å². The molecular weight excluding hydrogens is 362 g/mol. The first-order chi connectivity index (χ1) is 12.5. The van der Waals surface area contributed by atoms with Crippen molar-refractivity contribution in [1.29, 1.82) is 0 Å². The van der Waals surface area contributed by atoms with Gasteiger partial charge in [0.25, 0.3) is 0 Å². The molecule has 2 amide bonds. The predicted molar refractivity (Wildman–Crippen MR) is 94.0 cm³/mol. The molecule has 0 unspecified atom stereocenters. The molecule has 1 fully saturated rings. The van der Waals surface area contributed by atoms with E-state index >= 15 is 0 Å². The van der Waals surface area contributed by atoms with Gasteiger partial charge in [-0.25, -0.2) is 8.78 Å². The lowest BCUT2D eigenvalue weighted by Crippen LogP contribution is -2.46. The molecule has 26 heavy (non-hydrogen) atoms. The summed E-state index contributed by atoms with van der Waals surface area (Å²) in [6.07, 6.45) is 1.50. The van der Waals surface area contributed by atoms with Gasteiger partial charge in [-0.2, -0.15) is 0 Å². The van der Waals surface area contributed by atoms with Crippen LogP contribution in [0, 0.1) is 11.6 Å². The Kier molecular flexibility index (Phi) is 5.63. The minimum atomic E-state index is -1.10. The van der Waals surface area contributed by atoms with Crippen molar-refractivity contribution >= 4 is 28.8 Å². The van der Waals surface area contributed by atoms with E-state index in [1.807, 2.05) is 17.5 Å². The fourth-order valence-corrected chi connectivity index (χ4v) is 3.93. The van der Waals surface area contributed by atoms with Crippen molar-refractivity contribution in [1.82, 2.24) is 5.32 Å². The van der Waals surface area contributed by atoms with Crippen LogP contribution in [0.2, 0.25) is 0 Å². The van der Waals surface area contributed by atoms with Gasteiger partial charge in [-0.05, 0) is 36.4 Å². The van der Waals surface area contributed by atoms with Crippen LogP contribution in [0.3, 0.4) is 0 Å². The maximum Gasteiger partial charge on any atom is 0.313 e. The van der Waals surface area contributed by atoms with Crippen molar-refractivity contribution in [3.05, 3.63) is 52.2 Å². The second-order valence-corrected chi connectivity index (χ2v) is 7.08. The normalized spacial score (nSPS) is 16.1. The van der Waals surface area contributed by atoms with E-state index in [1.54, 1.807) is 11.3 Å². The summed E-state index contributed by atoms with van der Waals surface area (Å²) in [4.78, 5) is 25.3. The highest BCUT2D eigenvalue weighted by Crippen LogP contribution is 2.36. The summed E-state index contributed by atoms with van der Waals surface area (Å²) < 4.78 is 31.5. The van der Waals surface area contributed by atoms with E-state index in [2.05, 4.69) is 10.6 Å². The molecule has 0 bridgehead atoms. The molecule has 2 N–H and O–H groups in total. The van der Waals surface area contributed by atoms with Gasteiger partial charge in [0.2, 0.25) is 0 Å². The van der Waals surface area contributed by atoms with E-state index in [-0.39, 0.29) is 11.1 Å². The minimum Gasteiger partial charge on any atom is -0.381 e. The lowest BCUT2D eigenvalue weighted by Gasteiger charge is -2.36. The third kappa shape index (κ3) is 4.08. The maximum absolute atomic E-state index is 13.2. The number of hydrogen-bond acceptors (Lipinski definition) is 4. The van der Waals surface area contributed by atoms with Crippen molar-refractivity contribution in [3.8, 4) is 0 Å². The molecule has 0 atom stereocenters. The van der Waals surface area contributed by atoms with Crippen molar-refractivity contribution in [3.63, 3.8) is 0 Å². The van der Waals surface area contributed by atoms with Crippen molar-refractivity contribution in [2.45, 2.75) is 18.3 Å². The number of hydrogen-bond donors (Lipinski definition) is 2. The zero-order valence-corrected chi connectivity index (χ0v) is 14.7. The Balaban J connectivity index is 1.63. The Morgan fingerprint density at radius 2 is 1.88 bits per heavy atom. The molecule has 2 heterocycles. The van der Waals surface area contributed by atoms with Crippen LogP contribution in [0.5, 0.6) is 0 Å². The number of carbonyl (C=O) groups excluding carboxylic acids is 2. The van der Waals surface area contributed by atoms with E-state index in [9.17, 15) is 18.4 Å². The topological polar surface area (TPSA) is 67.4 Å². The van der Waals surface area contributed by atoms with Crippen LogP contribution in [0.25, 0.3) is 0 Å². The van der Waals surface area contributed by atoms with Crippen molar-refractivity contribution in [2.24, 2.45) is 0 Å². The Labute approximate surface area is 153 Å². The van der Waals surface area contributed by atoms with Gasteiger partial charge < -0.3 is 15.4 Å². The Morgan fingerprint density at radius 3 is 2.54 bits per heavy atom. The van der Waals surface area contributed by atoms with Gasteiger partial charge in [0.15, 0.2) is 11.6 Å². The molecule has 8 heteroatoms. The molecular formula is C18H18F2N2O3S. The summed E-state index contributed by atoms with van der Waals surface area (Å²) in [6.45, 7) is 1.49. The fraction of sp³-hybridized carbons (Fsp3) is 0.333. The molecule has 0 aliphatic carbocycles. The molecule has 138 valence electrons. The van der Waals surface area contributed by atoms with Crippen molar-refractivity contribution < 1.29 is 23.1 Å². The van der Waals surface area contributed by atoms with E-state index in [1.165, 1.54) is 6.07 Å². The van der Waals surface area contributed by atoms with Gasteiger partial charge in [0.05, 0.1) is 0 Å². The molecule has 1 aliphatic rings. The SMILES string of the molecule is O=C(NCC1(c2cccs2)CCOCC1)C(=O)Nc1ccc(F)c(F)c1. The molecule has 0 radical (unpaired) electrons. The van der Waals surface area contributed by atoms with Crippen LogP contribution in [-0.4, -0.2) is 31.6 Å². The lowest BCUT2D eigenvalue weighted by atomic mass is 9.78. The molecule has 1 aliphatic heterocycles. The number of carbonyl (C=O) groups is 2. The Bertz CT molecular complexity index is 790. The molecule has 1 saturated heterocycles. The first kappa shape index (κ1) is 18.5. The molecule has 1 aromatic heterocycles. The largest absolute Gasteiger partial charge is 0.381 e. The number of amides is 2. The van der Waals surface area contributed by atoms with Crippen molar-refractivity contribution in [2.75, 3.05) is 25.1 Å². The summed E-state index contributed by atoms with van der Waals surface area (Å²) in [5.74, 6) is -3.87. The minimum absolute atomic E-state index is 0.0167. The van der Waals surface area contributed by atoms with Crippen LogP contribution >= 0.6 is 11.3 Å². The van der Waals surface area contributed by atoms with Crippen LogP contribution in [0.15, 0.2) is 35.7 Å². The van der Waals surface area contributed by atoms with Gasteiger partial charge in [0, 0.05) is 41.8 Å². The van der Waals surface area contributed by atoms with Crippen LogP contribution in [-0.2, 0) is 19.7 Å². The van der Waals surface area contributed by atoms with Crippen LogP contribution in [0.1, 0.15) is 17.7 Å². The zero-order valence-electron chi connectivity index (χ0n) is 13.9. The van der Waals surface area contributed by atoms with Gasteiger partial charge in [0.1, 0.15) is 0 Å². The first-order valence-electron chi connectivity index (χ1n) is 8.16. The van der Waals surface area contributed by atoms with Gasteiger partial charge in [-0.15, -0.1) is 11.3 Å². The molecule has 1 aromatic carbocycles. The summed E-state index contributed by atoms with van der Waals surface area (Å²) in [6, 6.07) is 6.87. The highest BCUT2D eigenvalue weighted by atomic mass is 32.1. The summed E-state index contributed by atoms with van der Waals surface area (Å²) in [5.41, 5.74) is -0.243. The predicted octanol–water partition coefficient (Wildman–Crippen LogP) is 2.83. The summed E-state index contributed by atoms with van der Waals surface area (Å²) in [5, 5.41) is 6.90. The molecule has 2 aromatic rings. The molecule has 5 nitrogen and oxygen atoms in total. The number of rotatable bonds is 4.